The van der Waals surface area contributed by atoms with Crippen molar-refractivity contribution in [3.8, 4) is 0 Å². The molecule has 1 rings (SSSR count). The predicted octanol–water partition coefficient (Wildman–Crippen LogP) is 2.61. The second-order valence-electron chi connectivity index (χ2n) is 4.55. The molecule has 0 saturated heterocycles. The Morgan fingerprint density at radius 2 is 1.76 bits per heavy atom. The summed E-state index contributed by atoms with van der Waals surface area (Å²) in [5.41, 5.74) is 6.86. The zero-order valence-electron chi connectivity index (χ0n) is 10.4. The fourth-order valence-corrected chi connectivity index (χ4v) is 1.71. The summed E-state index contributed by atoms with van der Waals surface area (Å²) in [4.78, 5) is 11.8. The number of hydrogen-bond donors (Lipinski definition) is 2. The van der Waals surface area contributed by atoms with Crippen LogP contribution in [-0.4, -0.2) is 11.9 Å². The Bertz CT molecular complexity index is 376. The van der Waals surface area contributed by atoms with Crippen molar-refractivity contribution < 1.29 is 4.79 Å². The maximum Gasteiger partial charge on any atom is 0.237 e. The van der Waals surface area contributed by atoms with E-state index in [4.69, 9.17) is 5.73 Å². The van der Waals surface area contributed by atoms with Crippen LogP contribution in [0.4, 0.5) is 0 Å². The molecule has 3 nitrogen and oxygen atoms in total. The first-order valence-electron chi connectivity index (χ1n) is 5.73. The van der Waals surface area contributed by atoms with Crippen LogP contribution >= 0.6 is 15.9 Å². The SMILES string of the molecule is CC(C)[C@@H](N)C(=O)N[C@H](C)c1ccc(Br)cc1. The third-order valence-electron chi connectivity index (χ3n) is 2.75. The summed E-state index contributed by atoms with van der Waals surface area (Å²) in [6, 6.07) is 7.40. The molecule has 0 aliphatic carbocycles. The van der Waals surface area contributed by atoms with Gasteiger partial charge in [-0.3, -0.25) is 4.79 Å². The lowest BCUT2D eigenvalue weighted by Crippen LogP contribution is -2.44. The minimum Gasteiger partial charge on any atom is -0.348 e. The molecule has 0 radical (unpaired) electrons. The second-order valence-corrected chi connectivity index (χ2v) is 5.47. The van der Waals surface area contributed by atoms with Gasteiger partial charge in [-0.25, -0.2) is 0 Å². The standard InChI is InChI=1S/C13H19BrN2O/c1-8(2)12(15)13(17)16-9(3)10-4-6-11(14)7-5-10/h4-9,12H,15H2,1-3H3,(H,16,17)/t9-,12-/m1/s1. The molecular formula is C13H19BrN2O. The number of nitrogens with one attached hydrogen (secondary N) is 1. The lowest BCUT2D eigenvalue weighted by Gasteiger charge is -2.20. The number of carbonyl (C=O) groups excluding carboxylic acids is 1. The van der Waals surface area contributed by atoms with Gasteiger partial charge in [-0.15, -0.1) is 0 Å². The molecule has 0 saturated carbocycles. The van der Waals surface area contributed by atoms with Gasteiger partial charge in [-0.05, 0) is 30.5 Å². The molecule has 17 heavy (non-hydrogen) atoms. The van der Waals surface area contributed by atoms with Crippen molar-refractivity contribution in [3.63, 3.8) is 0 Å². The van der Waals surface area contributed by atoms with E-state index in [0.717, 1.165) is 10.0 Å². The van der Waals surface area contributed by atoms with Crippen LogP contribution in [0.1, 0.15) is 32.4 Å². The molecule has 0 heterocycles. The maximum absolute atomic E-state index is 11.8. The average molecular weight is 299 g/mol. The monoisotopic (exact) mass is 298 g/mol. The summed E-state index contributed by atoms with van der Waals surface area (Å²) in [6.07, 6.45) is 0. The highest BCUT2D eigenvalue weighted by atomic mass is 79.9. The Morgan fingerprint density at radius 3 is 2.24 bits per heavy atom. The van der Waals surface area contributed by atoms with Crippen LogP contribution in [-0.2, 0) is 4.79 Å². The van der Waals surface area contributed by atoms with E-state index in [1.807, 2.05) is 45.0 Å². The first kappa shape index (κ1) is 14.2. The molecular weight excluding hydrogens is 280 g/mol. The highest BCUT2D eigenvalue weighted by Crippen LogP contribution is 2.16. The molecule has 1 aromatic rings. The van der Waals surface area contributed by atoms with Gasteiger partial charge < -0.3 is 11.1 Å². The number of amides is 1. The molecule has 0 spiro atoms. The fourth-order valence-electron chi connectivity index (χ4n) is 1.45. The Morgan fingerprint density at radius 1 is 1.24 bits per heavy atom. The van der Waals surface area contributed by atoms with Crippen molar-refractivity contribution in [2.45, 2.75) is 32.9 Å². The van der Waals surface area contributed by atoms with Gasteiger partial charge in [0.15, 0.2) is 0 Å². The van der Waals surface area contributed by atoms with Crippen LogP contribution in [0.5, 0.6) is 0 Å². The largest absolute Gasteiger partial charge is 0.348 e. The molecule has 4 heteroatoms. The van der Waals surface area contributed by atoms with Crippen LogP contribution in [0.25, 0.3) is 0 Å². The Hall–Kier alpha value is -0.870. The molecule has 0 aliphatic rings. The topological polar surface area (TPSA) is 55.1 Å². The Kier molecular flexibility index (Phi) is 5.15. The van der Waals surface area contributed by atoms with E-state index in [1.54, 1.807) is 0 Å². The normalized spacial score (nSPS) is 14.5. The van der Waals surface area contributed by atoms with Crippen molar-refractivity contribution in [1.82, 2.24) is 5.32 Å². The number of carbonyl (C=O) groups is 1. The average Bonchev–Trinajstić information content (AvgIpc) is 2.28. The van der Waals surface area contributed by atoms with Gasteiger partial charge in [0, 0.05) is 4.47 Å². The van der Waals surface area contributed by atoms with Crippen LogP contribution in [0.15, 0.2) is 28.7 Å². The van der Waals surface area contributed by atoms with E-state index in [2.05, 4.69) is 21.2 Å². The van der Waals surface area contributed by atoms with Crippen LogP contribution in [0, 0.1) is 5.92 Å². The predicted molar refractivity (Wildman–Crippen MR) is 73.5 cm³/mol. The third-order valence-corrected chi connectivity index (χ3v) is 3.28. The zero-order chi connectivity index (χ0) is 13.0. The quantitative estimate of drug-likeness (QED) is 0.898. The fraction of sp³-hybridized carbons (Fsp3) is 0.462. The Labute approximate surface area is 111 Å². The minimum absolute atomic E-state index is 0.0274. The first-order chi connectivity index (χ1) is 7.91. The van der Waals surface area contributed by atoms with Crippen LogP contribution in [0.3, 0.4) is 0 Å². The molecule has 0 aliphatic heterocycles. The third kappa shape index (κ3) is 4.13. The molecule has 94 valence electrons. The van der Waals surface area contributed by atoms with E-state index in [1.165, 1.54) is 0 Å². The highest BCUT2D eigenvalue weighted by molar-refractivity contribution is 9.10. The smallest absolute Gasteiger partial charge is 0.237 e. The van der Waals surface area contributed by atoms with E-state index in [-0.39, 0.29) is 17.9 Å². The molecule has 0 aromatic heterocycles. The van der Waals surface area contributed by atoms with Gasteiger partial charge in [0.2, 0.25) is 5.91 Å². The number of nitrogens with two attached hydrogens (primary N) is 1. The molecule has 0 bridgehead atoms. The summed E-state index contributed by atoms with van der Waals surface area (Å²) >= 11 is 3.38. The number of benzene rings is 1. The molecule has 0 unspecified atom stereocenters. The van der Waals surface area contributed by atoms with E-state index in [0.29, 0.717) is 0 Å². The molecule has 1 aromatic carbocycles. The van der Waals surface area contributed by atoms with Crippen molar-refractivity contribution in [2.24, 2.45) is 11.7 Å². The highest BCUT2D eigenvalue weighted by Gasteiger charge is 2.19. The maximum atomic E-state index is 11.8. The van der Waals surface area contributed by atoms with Crippen molar-refractivity contribution in [3.05, 3.63) is 34.3 Å². The summed E-state index contributed by atoms with van der Waals surface area (Å²) in [5.74, 6) is 0.0440. The zero-order valence-corrected chi connectivity index (χ0v) is 12.0. The van der Waals surface area contributed by atoms with Crippen LogP contribution in [0.2, 0.25) is 0 Å². The van der Waals surface area contributed by atoms with Gasteiger partial charge in [-0.2, -0.15) is 0 Å². The van der Waals surface area contributed by atoms with E-state index >= 15 is 0 Å². The van der Waals surface area contributed by atoms with Gasteiger partial charge in [0.1, 0.15) is 0 Å². The van der Waals surface area contributed by atoms with Gasteiger partial charge in [0.25, 0.3) is 0 Å². The van der Waals surface area contributed by atoms with Crippen LogP contribution < -0.4 is 11.1 Å². The number of hydrogen-bond acceptors (Lipinski definition) is 2. The first-order valence-corrected chi connectivity index (χ1v) is 6.52. The van der Waals surface area contributed by atoms with E-state index < -0.39 is 6.04 Å². The molecule has 1 amide bonds. The lowest BCUT2D eigenvalue weighted by atomic mass is 10.0. The summed E-state index contributed by atoms with van der Waals surface area (Å²) in [5, 5.41) is 2.92. The minimum atomic E-state index is -0.451. The summed E-state index contributed by atoms with van der Waals surface area (Å²) < 4.78 is 1.03. The number of halogens is 1. The molecule has 0 fully saturated rings. The summed E-state index contributed by atoms with van der Waals surface area (Å²) in [7, 11) is 0. The number of rotatable bonds is 4. The van der Waals surface area contributed by atoms with Crippen molar-refractivity contribution in [1.29, 1.82) is 0 Å². The van der Waals surface area contributed by atoms with Gasteiger partial charge >= 0.3 is 0 Å². The molecule has 2 atom stereocenters. The van der Waals surface area contributed by atoms with Crippen molar-refractivity contribution >= 4 is 21.8 Å². The second kappa shape index (κ2) is 6.17. The lowest BCUT2D eigenvalue weighted by molar-refractivity contribution is -0.123. The van der Waals surface area contributed by atoms with E-state index in [9.17, 15) is 4.79 Å². The summed E-state index contributed by atoms with van der Waals surface area (Å²) in [6.45, 7) is 5.83. The van der Waals surface area contributed by atoms with Crippen molar-refractivity contribution in [2.75, 3.05) is 0 Å². The molecule has 3 N–H and O–H groups in total. The van der Waals surface area contributed by atoms with Gasteiger partial charge in [-0.1, -0.05) is 41.9 Å². The van der Waals surface area contributed by atoms with Gasteiger partial charge in [0.05, 0.1) is 12.1 Å². The Balaban J connectivity index is 2.63.